The van der Waals surface area contributed by atoms with Gasteiger partial charge in [-0.2, -0.15) is 0 Å². The van der Waals surface area contributed by atoms with Crippen molar-refractivity contribution < 1.29 is 13.9 Å². The van der Waals surface area contributed by atoms with Crippen molar-refractivity contribution in [3.63, 3.8) is 0 Å². The predicted octanol–water partition coefficient (Wildman–Crippen LogP) is 3.40. The lowest BCUT2D eigenvalue weighted by molar-refractivity contribution is -0.120. The van der Waals surface area contributed by atoms with Gasteiger partial charge < -0.3 is 20.7 Å². The topological polar surface area (TPSA) is 74.8 Å². The van der Waals surface area contributed by atoms with Crippen molar-refractivity contribution >= 4 is 35.8 Å². The quantitative estimate of drug-likeness (QED) is 0.176. The third kappa shape index (κ3) is 11.7. The van der Waals surface area contributed by atoms with Crippen LogP contribution in [0.2, 0.25) is 0 Å². The summed E-state index contributed by atoms with van der Waals surface area (Å²) < 4.78 is 19.1. The number of hydrogen-bond donors (Lipinski definition) is 3. The summed E-state index contributed by atoms with van der Waals surface area (Å²) in [4.78, 5) is 16.5. The lowest BCUT2D eigenvalue weighted by Crippen LogP contribution is -2.41. The van der Waals surface area contributed by atoms with Crippen LogP contribution in [-0.4, -0.2) is 50.8 Å². The first-order valence-electron chi connectivity index (χ1n) is 10.8. The average molecular weight is 534 g/mol. The molecule has 1 aliphatic rings. The number of benzene rings is 1. The molecule has 1 fully saturated rings. The van der Waals surface area contributed by atoms with Crippen LogP contribution in [0.1, 0.15) is 51.0 Å². The number of ether oxygens (including phenoxy) is 1. The van der Waals surface area contributed by atoms with E-state index in [1.54, 1.807) is 12.1 Å². The van der Waals surface area contributed by atoms with Gasteiger partial charge in [0.15, 0.2) is 5.96 Å². The number of amides is 1. The highest BCUT2D eigenvalue weighted by Gasteiger charge is 2.12. The lowest BCUT2D eigenvalue weighted by Gasteiger charge is -2.21. The van der Waals surface area contributed by atoms with Gasteiger partial charge in [0.25, 0.3) is 0 Å². The van der Waals surface area contributed by atoms with Crippen LogP contribution in [-0.2, 0) is 16.0 Å². The third-order valence-electron chi connectivity index (χ3n) is 4.82. The second kappa shape index (κ2) is 16.3. The molecule has 0 aliphatic heterocycles. The predicted molar refractivity (Wildman–Crippen MR) is 130 cm³/mol. The van der Waals surface area contributed by atoms with Crippen molar-refractivity contribution in [3.05, 3.63) is 35.6 Å². The minimum absolute atomic E-state index is 0. The normalized spacial score (nSPS) is 14.7. The second-order valence-corrected chi connectivity index (χ2v) is 7.33. The molecule has 0 radical (unpaired) electrons. The van der Waals surface area contributed by atoms with Crippen molar-refractivity contribution in [2.45, 2.75) is 58.0 Å². The fourth-order valence-electron chi connectivity index (χ4n) is 3.36. The molecule has 1 amide bonds. The molecule has 0 bridgehead atoms. The summed E-state index contributed by atoms with van der Waals surface area (Å²) in [6.07, 6.45) is 7.82. The van der Waals surface area contributed by atoms with Gasteiger partial charge in [0, 0.05) is 32.8 Å². The number of hydrogen-bond acceptors (Lipinski definition) is 3. The summed E-state index contributed by atoms with van der Waals surface area (Å²) in [7, 11) is 0. The van der Waals surface area contributed by atoms with E-state index in [-0.39, 0.29) is 42.1 Å². The molecule has 0 unspecified atom stereocenters. The molecule has 1 aliphatic carbocycles. The molecule has 3 N–H and O–H groups in total. The minimum atomic E-state index is -0.326. The van der Waals surface area contributed by atoms with E-state index < -0.39 is 0 Å². The smallest absolute Gasteiger partial charge is 0.224 e. The number of guanidine groups is 1. The SMILES string of the molecule is CCNC(=NCCCOC1CCCCC1)NCCNC(=O)Cc1cccc(F)c1.I. The maximum Gasteiger partial charge on any atom is 0.224 e. The summed E-state index contributed by atoms with van der Waals surface area (Å²) in [5.41, 5.74) is 0.667. The van der Waals surface area contributed by atoms with Gasteiger partial charge in [0.05, 0.1) is 12.5 Å². The number of aliphatic imine (C=N–C) groups is 1. The number of nitrogens with zero attached hydrogens (tertiary/aromatic N) is 1. The van der Waals surface area contributed by atoms with E-state index in [2.05, 4.69) is 20.9 Å². The number of rotatable bonds is 11. The molecule has 0 spiro atoms. The Hall–Kier alpha value is -1.42. The lowest BCUT2D eigenvalue weighted by atomic mass is 9.98. The zero-order chi connectivity index (χ0) is 20.7. The van der Waals surface area contributed by atoms with Crippen LogP contribution in [0.25, 0.3) is 0 Å². The monoisotopic (exact) mass is 534 g/mol. The Morgan fingerprint density at radius 1 is 1.17 bits per heavy atom. The zero-order valence-corrected chi connectivity index (χ0v) is 20.3. The highest BCUT2D eigenvalue weighted by Crippen LogP contribution is 2.20. The average Bonchev–Trinajstić information content (AvgIpc) is 2.71. The Bertz CT molecular complexity index is 639. The third-order valence-corrected chi connectivity index (χ3v) is 4.82. The van der Waals surface area contributed by atoms with Gasteiger partial charge in [0.2, 0.25) is 5.91 Å². The van der Waals surface area contributed by atoms with Gasteiger partial charge >= 0.3 is 0 Å². The summed E-state index contributed by atoms with van der Waals surface area (Å²) in [6, 6.07) is 6.11. The molecule has 1 aromatic carbocycles. The van der Waals surface area contributed by atoms with Crippen LogP contribution in [0.5, 0.6) is 0 Å². The fraction of sp³-hybridized carbons (Fsp3) is 0.636. The first kappa shape index (κ1) is 26.6. The molecule has 30 heavy (non-hydrogen) atoms. The van der Waals surface area contributed by atoms with E-state index in [4.69, 9.17) is 4.74 Å². The van der Waals surface area contributed by atoms with Crippen LogP contribution in [0.3, 0.4) is 0 Å². The largest absolute Gasteiger partial charge is 0.378 e. The fourth-order valence-corrected chi connectivity index (χ4v) is 3.36. The standard InChI is InChI=1S/C22H35FN4O2.HI/c1-2-24-22(26-12-7-15-29-20-10-4-3-5-11-20)27-14-13-25-21(28)17-18-8-6-9-19(23)16-18;/h6,8-9,16,20H,2-5,7,10-15,17H2,1H3,(H,25,28)(H2,24,26,27);1H. The molecular weight excluding hydrogens is 498 g/mol. The maximum absolute atomic E-state index is 13.2. The Labute approximate surface area is 196 Å². The van der Waals surface area contributed by atoms with Gasteiger partial charge in [-0.15, -0.1) is 24.0 Å². The van der Waals surface area contributed by atoms with E-state index in [1.165, 1.54) is 44.2 Å². The molecule has 0 atom stereocenters. The van der Waals surface area contributed by atoms with Gasteiger partial charge in [0.1, 0.15) is 5.82 Å². The van der Waals surface area contributed by atoms with Crippen molar-refractivity contribution in [1.29, 1.82) is 0 Å². The molecule has 8 heteroatoms. The minimum Gasteiger partial charge on any atom is -0.378 e. The first-order valence-corrected chi connectivity index (χ1v) is 10.8. The Kier molecular flexibility index (Phi) is 14.5. The van der Waals surface area contributed by atoms with Crippen LogP contribution >= 0.6 is 24.0 Å². The van der Waals surface area contributed by atoms with Crippen molar-refractivity contribution in [1.82, 2.24) is 16.0 Å². The summed E-state index contributed by atoms with van der Waals surface area (Å²) in [6.45, 7) is 5.29. The second-order valence-electron chi connectivity index (χ2n) is 7.33. The molecular formula is C22H36FIN4O2. The summed E-state index contributed by atoms with van der Waals surface area (Å²) in [5.74, 6) is 0.288. The van der Waals surface area contributed by atoms with Gasteiger partial charge in [-0.1, -0.05) is 31.4 Å². The van der Waals surface area contributed by atoms with Crippen LogP contribution in [0, 0.1) is 5.82 Å². The van der Waals surface area contributed by atoms with Crippen LogP contribution in [0.15, 0.2) is 29.3 Å². The van der Waals surface area contributed by atoms with Crippen molar-refractivity contribution in [3.8, 4) is 0 Å². The molecule has 0 saturated heterocycles. The number of halogens is 2. The Morgan fingerprint density at radius 2 is 1.93 bits per heavy atom. The number of carbonyl (C=O) groups is 1. The molecule has 1 saturated carbocycles. The van der Waals surface area contributed by atoms with E-state index >= 15 is 0 Å². The first-order chi connectivity index (χ1) is 14.2. The highest BCUT2D eigenvalue weighted by atomic mass is 127. The Morgan fingerprint density at radius 3 is 2.67 bits per heavy atom. The van der Waals surface area contributed by atoms with Gasteiger partial charge in [-0.05, 0) is 43.9 Å². The molecule has 0 heterocycles. The van der Waals surface area contributed by atoms with E-state index in [0.29, 0.717) is 31.3 Å². The molecule has 0 aromatic heterocycles. The van der Waals surface area contributed by atoms with E-state index in [9.17, 15) is 9.18 Å². The number of nitrogens with one attached hydrogen (secondary N) is 3. The highest BCUT2D eigenvalue weighted by molar-refractivity contribution is 14.0. The van der Waals surface area contributed by atoms with Gasteiger partial charge in [-0.3, -0.25) is 9.79 Å². The Balaban J connectivity index is 0.00000450. The van der Waals surface area contributed by atoms with Gasteiger partial charge in [-0.25, -0.2) is 4.39 Å². The van der Waals surface area contributed by atoms with E-state index in [1.807, 2.05) is 6.92 Å². The van der Waals surface area contributed by atoms with Crippen molar-refractivity contribution in [2.75, 3.05) is 32.8 Å². The molecule has 1 aromatic rings. The van der Waals surface area contributed by atoms with Crippen LogP contribution < -0.4 is 16.0 Å². The summed E-state index contributed by atoms with van der Waals surface area (Å²) in [5, 5.41) is 9.25. The van der Waals surface area contributed by atoms with Crippen molar-refractivity contribution in [2.24, 2.45) is 4.99 Å². The van der Waals surface area contributed by atoms with Crippen LogP contribution in [0.4, 0.5) is 4.39 Å². The zero-order valence-electron chi connectivity index (χ0n) is 17.9. The van der Waals surface area contributed by atoms with E-state index in [0.717, 1.165) is 25.5 Å². The molecule has 170 valence electrons. The number of carbonyl (C=O) groups excluding carboxylic acids is 1. The maximum atomic E-state index is 13.2. The summed E-state index contributed by atoms with van der Waals surface area (Å²) >= 11 is 0. The molecule has 6 nitrogen and oxygen atoms in total. The molecule has 2 rings (SSSR count).